The first-order valence-electron chi connectivity index (χ1n) is 9.26. The number of aliphatic imine (C=N–C) groups is 1. The van der Waals surface area contributed by atoms with Crippen LogP contribution in [0.3, 0.4) is 0 Å². The number of methoxy groups -OCH3 is 1. The number of amides is 1. The van der Waals surface area contributed by atoms with Crippen LogP contribution in [0.5, 0.6) is 5.75 Å². The second-order valence-corrected chi connectivity index (χ2v) is 7.04. The third kappa shape index (κ3) is 3.52. The van der Waals surface area contributed by atoms with Crippen LogP contribution in [0.2, 0.25) is 0 Å². The lowest BCUT2D eigenvalue weighted by molar-refractivity contribution is 0.100. The molecule has 146 valence electrons. The molecule has 0 bridgehead atoms. The zero-order valence-electron chi connectivity index (χ0n) is 16.3. The van der Waals surface area contributed by atoms with E-state index < -0.39 is 5.91 Å². The van der Waals surface area contributed by atoms with Crippen molar-refractivity contribution >= 4 is 33.7 Å². The number of aryl methyl sites for hydroxylation is 1. The zero-order chi connectivity index (χ0) is 20.5. The SMILES string of the molecule is COc1cc(C)cc(Cn2c3ccccc3c3ccc(C(=O)N=C(N)N)cc32)c1. The molecule has 1 heterocycles. The number of hydrogen-bond acceptors (Lipinski definition) is 2. The normalized spacial score (nSPS) is 11.0. The summed E-state index contributed by atoms with van der Waals surface area (Å²) >= 11 is 0. The fourth-order valence-electron chi connectivity index (χ4n) is 3.75. The van der Waals surface area contributed by atoms with Gasteiger partial charge in [0, 0.05) is 28.4 Å². The maximum Gasteiger partial charge on any atom is 0.280 e. The van der Waals surface area contributed by atoms with Crippen LogP contribution in [-0.2, 0) is 6.54 Å². The number of aromatic nitrogens is 1. The van der Waals surface area contributed by atoms with E-state index in [1.54, 1.807) is 13.2 Å². The number of carbonyl (C=O) groups excluding carboxylic acids is 1. The molecule has 4 N–H and O–H groups in total. The van der Waals surface area contributed by atoms with Gasteiger partial charge in [-0.15, -0.1) is 0 Å². The highest BCUT2D eigenvalue weighted by molar-refractivity contribution is 6.11. The minimum absolute atomic E-state index is 0.248. The molecule has 1 amide bonds. The summed E-state index contributed by atoms with van der Waals surface area (Å²) in [5.74, 6) is 0.118. The van der Waals surface area contributed by atoms with Crippen LogP contribution in [0.1, 0.15) is 21.5 Å². The van der Waals surface area contributed by atoms with Gasteiger partial charge >= 0.3 is 0 Å². The highest BCUT2D eigenvalue weighted by atomic mass is 16.5. The molecule has 0 atom stereocenters. The van der Waals surface area contributed by atoms with Crippen molar-refractivity contribution in [3.8, 4) is 5.75 Å². The molecule has 1 aromatic heterocycles. The molecule has 0 unspecified atom stereocenters. The van der Waals surface area contributed by atoms with E-state index in [4.69, 9.17) is 16.2 Å². The fourth-order valence-corrected chi connectivity index (χ4v) is 3.75. The Morgan fingerprint density at radius 2 is 1.76 bits per heavy atom. The summed E-state index contributed by atoms with van der Waals surface area (Å²) in [6.07, 6.45) is 0. The molecule has 4 rings (SSSR count). The highest BCUT2D eigenvalue weighted by Gasteiger charge is 2.14. The van der Waals surface area contributed by atoms with Crippen molar-refractivity contribution in [2.24, 2.45) is 16.5 Å². The molecule has 0 aliphatic carbocycles. The maximum absolute atomic E-state index is 12.3. The number of para-hydroxylation sites is 1. The number of nitrogens with two attached hydrogens (primary N) is 2. The number of nitrogens with zero attached hydrogens (tertiary/aromatic N) is 2. The van der Waals surface area contributed by atoms with Crippen molar-refractivity contribution in [3.05, 3.63) is 77.4 Å². The van der Waals surface area contributed by atoms with Crippen molar-refractivity contribution in [3.63, 3.8) is 0 Å². The Labute approximate surface area is 168 Å². The van der Waals surface area contributed by atoms with Crippen LogP contribution in [0.25, 0.3) is 21.8 Å². The van der Waals surface area contributed by atoms with Crippen LogP contribution in [0, 0.1) is 6.92 Å². The summed E-state index contributed by atoms with van der Waals surface area (Å²) in [5, 5.41) is 2.20. The molecular weight excluding hydrogens is 364 g/mol. The lowest BCUT2D eigenvalue weighted by Gasteiger charge is -2.11. The van der Waals surface area contributed by atoms with Crippen molar-refractivity contribution in [2.45, 2.75) is 13.5 Å². The van der Waals surface area contributed by atoms with E-state index in [0.29, 0.717) is 12.1 Å². The quantitative estimate of drug-likeness (QED) is 0.414. The molecule has 0 aliphatic rings. The van der Waals surface area contributed by atoms with Gasteiger partial charge in [0.15, 0.2) is 5.96 Å². The number of fused-ring (bicyclic) bond motifs is 3. The van der Waals surface area contributed by atoms with Gasteiger partial charge in [-0.3, -0.25) is 4.79 Å². The minimum atomic E-state index is -0.457. The van der Waals surface area contributed by atoms with Crippen molar-refractivity contribution in [1.29, 1.82) is 0 Å². The van der Waals surface area contributed by atoms with Gasteiger partial charge in [0.2, 0.25) is 0 Å². The van der Waals surface area contributed by atoms with E-state index in [0.717, 1.165) is 38.7 Å². The van der Waals surface area contributed by atoms with Crippen LogP contribution in [0.4, 0.5) is 0 Å². The van der Waals surface area contributed by atoms with E-state index >= 15 is 0 Å². The average Bonchev–Trinajstić information content (AvgIpc) is 3.00. The number of hydrogen-bond donors (Lipinski definition) is 2. The predicted molar refractivity (Wildman–Crippen MR) is 116 cm³/mol. The first-order chi connectivity index (χ1) is 14.0. The molecule has 4 aromatic rings. The van der Waals surface area contributed by atoms with Gasteiger partial charge in [0.05, 0.1) is 12.6 Å². The number of benzene rings is 3. The number of guanidine groups is 1. The molecule has 0 spiro atoms. The highest BCUT2D eigenvalue weighted by Crippen LogP contribution is 2.31. The predicted octanol–water partition coefficient (Wildman–Crippen LogP) is 3.57. The largest absolute Gasteiger partial charge is 0.497 e. The summed E-state index contributed by atoms with van der Waals surface area (Å²) in [4.78, 5) is 16.0. The third-order valence-corrected chi connectivity index (χ3v) is 4.94. The zero-order valence-corrected chi connectivity index (χ0v) is 16.3. The summed E-state index contributed by atoms with van der Waals surface area (Å²) in [7, 11) is 1.67. The third-order valence-electron chi connectivity index (χ3n) is 4.94. The summed E-state index contributed by atoms with van der Waals surface area (Å²) in [5.41, 5.74) is 15.5. The van der Waals surface area contributed by atoms with Crippen LogP contribution >= 0.6 is 0 Å². The molecule has 29 heavy (non-hydrogen) atoms. The van der Waals surface area contributed by atoms with E-state index in [2.05, 4.69) is 27.8 Å². The minimum Gasteiger partial charge on any atom is -0.497 e. The molecule has 0 radical (unpaired) electrons. The van der Waals surface area contributed by atoms with E-state index in [-0.39, 0.29) is 5.96 Å². The van der Waals surface area contributed by atoms with Gasteiger partial charge in [-0.1, -0.05) is 30.3 Å². The van der Waals surface area contributed by atoms with Gasteiger partial charge in [-0.25, -0.2) is 0 Å². The van der Waals surface area contributed by atoms with Crippen molar-refractivity contribution in [1.82, 2.24) is 4.57 Å². The Balaban J connectivity index is 1.91. The maximum atomic E-state index is 12.3. The molecule has 0 aliphatic heterocycles. The Morgan fingerprint density at radius 1 is 1.00 bits per heavy atom. The monoisotopic (exact) mass is 386 g/mol. The second kappa shape index (κ2) is 7.31. The Bertz CT molecular complexity index is 1270. The average molecular weight is 386 g/mol. The van der Waals surface area contributed by atoms with Gasteiger partial charge in [0.25, 0.3) is 5.91 Å². The number of rotatable bonds is 4. The summed E-state index contributed by atoms with van der Waals surface area (Å²) in [6.45, 7) is 2.69. The lowest BCUT2D eigenvalue weighted by Crippen LogP contribution is -2.24. The molecule has 6 nitrogen and oxygen atoms in total. The number of ether oxygens (including phenoxy) is 1. The van der Waals surface area contributed by atoms with Crippen LogP contribution in [-0.4, -0.2) is 23.5 Å². The van der Waals surface area contributed by atoms with Crippen LogP contribution < -0.4 is 16.2 Å². The molecule has 0 saturated heterocycles. The Morgan fingerprint density at radius 3 is 2.52 bits per heavy atom. The van der Waals surface area contributed by atoms with Gasteiger partial charge in [-0.05, 0) is 48.4 Å². The number of carbonyl (C=O) groups is 1. The Kier molecular flexibility index (Phi) is 4.68. The van der Waals surface area contributed by atoms with Gasteiger partial charge < -0.3 is 20.8 Å². The molecular formula is C23H22N4O2. The first-order valence-corrected chi connectivity index (χ1v) is 9.26. The molecule has 0 fully saturated rings. The molecule has 3 aromatic carbocycles. The summed E-state index contributed by atoms with van der Waals surface area (Å²) in [6, 6.07) is 19.9. The van der Waals surface area contributed by atoms with Crippen LogP contribution in [0.15, 0.2) is 65.7 Å². The lowest BCUT2D eigenvalue weighted by atomic mass is 10.1. The van der Waals surface area contributed by atoms with E-state index in [1.807, 2.05) is 43.3 Å². The van der Waals surface area contributed by atoms with E-state index in [1.165, 1.54) is 0 Å². The molecule has 6 heteroatoms. The van der Waals surface area contributed by atoms with E-state index in [9.17, 15) is 4.79 Å². The first kappa shape index (κ1) is 18.6. The van der Waals surface area contributed by atoms with Crippen molar-refractivity contribution < 1.29 is 9.53 Å². The fraction of sp³-hybridized carbons (Fsp3) is 0.130. The second-order valence-electron chi connectivity index (χ2n) is 7.04. The standard InChI is InChI=1S/C23H22N4O2/c1-14-9-15(11-17(10-14)29-2)13-27-20-6-4-3-5-18(20)19-8-7-16(12-21(19)27)22(28)26-23(24)25/h3-12H,13H2,1-2H3,(H4,24,25,26,28). The van der Waals surface area contributed by atoms with Gasteiger partial charge in [-0.2, -0.15) is 4.99 Å². The van der Waals surface area contributed by atoms with Crippen molar-refractivity contribution in [2.75, 3.05) is 7.11 Å². The molecule has 0 saturated carbocycles. The summed E-state index contributed by atoms with van der Waals surface area (Å²) < 4.78 is 7.62. The van der Waals surface area contributed by atoms with Gasteiger partial charge in [0.1, 0.15) is 5.75 Å². The topological polar surface area (TPSA) is 95.6 Å². The Hall–Kier alpha value is -3.80. The smallest absolute Gasteiger partial charge is 0.280 e.